The van der Waals surface area contributed by atoms with Crippen molar-refractivity contribution in [3.8, 4) is 0 Å². The molecule has 2 aromatic rings. The number of aromatic nitrogens is 1. The molecule has 82 valence electrons. The van der Waals surface area contributed by atoms with Crippen molar-refractivity contribution in [2.24, 2.45) is 0 Å². The minimum absolute atomic E-state index is 0.0406. The first-order valence-electron chi connectivity index (χ1n) is 5.17. The Labute approximate surface area is 106 Å². The van der Waals surface area contributed by atoms with Crippen molar-refractivity contribution < 1.29 is 0 Å². The first-order valence-corrected chi connectivity index (χ1v) is 6.34. The first-order chi connectivity index (χ1) is 7.65. The van der Waals surface area contributed by atoms with Crippen LogP contribution in [0.3, 0.4) is 0 Å². The van der Waals surface area contributed by atoms with Gasteiger partial charge in [-0.15, -0.1) is 0 Å². The third-order valence-corrected chi connectivity index (χ3v) is 3.65. The summed E-state index contributed by atoms with van der Waals surface area (Å²) in [7, 11) is 0. The van der Waals surface area contributed by atoms with E-state index in [9.17, 15) is 4.79 Å². The molecule has 0 bridgehead atoms. The Bertz CT molecular complexity index is 631. The van der Waals surface area contributed by atoms with Crippen molar-refractivity contribution in [1.82, 2.24) is 4.98 Å². The number of fused-ring (bicyclic) bond motifs is 1. The van der Waals surface area contributed by atoms with Crippen LogP contribution in [-0.4, -0.2) is 4.98 Å². The zero-order valence-electron chi connectivity index (χ0n) is 8.39. The van der Waals surface area contributed by atoms with Crippen LogP contribution in [0, 0.1) is 0 Å². The largest absolute Gasteiger partial charge is 0.357 e. The molecule has 0 saturated heterocycles. The quantitative estimate of drug-likeness (QED) is 0.853. The van der Waals surface area contributed by atoms with Crippen molar-refractivity contribution in [2.75, 3.05) is 0 Å². The summed E-state index contributed by atoms with van der Waals surface area (Å²) < 4.78 is 0.828. The summed E-state index contributed by atoms with van der Waals surface area (Å²) in [5.74, 6) is 0.525. The number of benzene rings is 1. The number of hydrogen-bond donors (Lipinski definition) is 1. The third-order valence-electron chi connectivity index (χ3n) is 2.89. The zero-order chi connectivity index (χ0) is 11.3. The number of hydrogen-bond acceptors (Lipinski definition) is 1. The average Bonchev–Trinajstić information content (AvgIpc) is 3.02. The lowest BCUT2D eigenvalue weighted by Crippen LogP contribution is -2.04. The highest BCUT2D eigenvalue weighted by Crippen LogP contribution is 2.39. The first kappa shape index (κ1) is 10.4. The van der Waals surface area contributed by atoms with E-state index in [2.05, 4.69) is 20.9 Å². The fourth-order valence-corrected chi connectivity index (χ4v) is 2.76. The summed E-state index contributed by atoms with van der Waals surface area (Å²) in [6.45, 7) is 0. The Morgan fingerprint density at radius 1 is 1.31 bits per heavy atom. The summed E-state index contributed by atoms with van der Waals surface area (Å²) in [6.07, 6.45) is 2.32. The number of pyridine rings is 1. The van der Waals surface area contributed by atoms with E-state index in [0.717, 1.165) is 28.5 Å². The van der Waals surface area contributed by atoms with Crippen LogP contribution < -0.4 is 5.43 Å². The molecule has 1 N–H and O–H groups in total. The zero-order valence-corrected chi connectivity index (χ0v) is 10.7. The van der Waals surface area contributed by atoms with Crippen LogP contribution >= 0.6 is 27.5 Å². The van der Waals surface area contributed by atoms with E-state index < -0.39 is 0 Å². The number of rotatable bonds is 1. The monoisotopic (exact) mass is 297 g/mol. The van der Waals surface area contributed by atoms with Crippen LogP contribution in [0.25, 0.3) is 10.9 Å². The van der Waals surface area contributed by atoms with Gasteiger partial charge in [0.2, 0.25) is 0 Å². The van der Waals surface area contributed by atoms with Gasteiger partial charge in [-0.1, -0.05) is 27.5 Å². The van der Waals surface area contributed by atoms with Gasteiger partial charge in [0.15, 0.2) is 5.43 Å². The van der Waals surface area contributed by atoms with Crippen molar-refractivity contribution in [2.45, 2.75) is 18.8 Å². The average molecular weight is 299 g/mol. The van der Waals surface area contributed by atoms with Crippen molar-refractivity contribution in [3.05, 3.63) is 43.6 Å². The molecule has 0 spiro atoms. The lowest BCUT2D eigenvalue weighted by Gasteiger charge is -2.05. The van der Waals surface area contributed by atoms with E-state index in [1.165, 1.54) is 0 Å². The normalized spacial score (nSPS) is 15.6. The fraction of sp³-hybridized carbons (Fsp3) is 0.250. The van der Waals surface area contributed by atoms with Gasteiger partial charge in [0.05, 0.1) is 10.5 Å². The summed E-state index contributed by atoms with van der Waals surface area (Å²) >= 11 is 9.47. The highest BCUT2D eigenvalue weighted by atomic mass is 79.9. The molecule has 0 radical (unpaired) electrons. The summed E-state index contributed by atoms with van der Waals surface area (Å²) in [5, 5.41) is 1.23. The van der Waals surface area contributed by atoms with Crippen LogP contribution in [0.5, 0.6) is 0 Å². The van der Waals surface area contributed by atoms with Crippen LogP contribution in [0.1, 0.15) is 24.5 Å². The van der Waals surface area contributed by atoms with E-state index >= 15 is 0 Å². The minimum Gasteiger partial charge on any atom is -0.357 e. The smallest absolute Gasteiger partial charge is 0.189 e. The Morgan fingerprint density at radius 2 is 2.06 bits per heavy atom. The second-order valence-corrected chi connectivity index (χ2v) is 5.50. The maximum atomic E-state index is 11.9. The third kappa shape index (κ3) is 1.68. The van der Waals surface area contributed by atoms with Crippen molar-refractivity contribution in [3.63, 3.8) is 0 Å². The van der Waals surface area contributed by atoms with Crippen molar-refractivity contribution >= 4 is 38.4 Å². The SMILES string of the molecule is O=c1cc(C2CC2)[nH]c2c(Cl)cc(Br)cc12. The van der Waals surface area contributed by atoms with Gasteiger partial charge in [0.25, 0.3) is 0 Å². The number of halogens is 2. The highest BCUT2D eigenvalue weighted by molar-refractivity contribution is 9.10. The summed E-state index contributed by atoms with van der Waals surface area (Å²) in [4.78, 5) is 15.2. The Morgan fingerprint density at radius 3 is 2.75 bits per heavy atom. The van der Waals surface area contributed by atoms with Gasteiger partial charge in [-0.25, -0.2) is 0 Å². The van der Waals surface area contributed by atoms with Crippen molar-refractivity contribution in [1.29, 1.82) is 0 Å². The Hall–Kier alpha value is -0.800. The van der Waals surface area contributed by atoms with Gasteiger partial charge in [0, 0.05) is 21.6 Å². The number of aromatic amines is 1. The van der Waals surface area contributed by atoms with E-state index in [0.29, 0.717) is 16.3 Å². The molecule has 1 aromatic heterocycles. The molecule has 0 amide bonds. The maximum Gasteiger partial charge on any atom is 0.189 e. The van der Waals surface area contributed by atoms with E-state index in [1.807, 2.05) is 0 Å². The highest BCUT2D eigenvalue weighted by Gasteiger charge is 2.25. The number of nitrogens with one attached hydrogen (secondary N) is 1. The number of H-pyrrole nitrogens is 1. The molecule has 3 rings (SSSR count). The second-order valence-electron chi connectivity index (χ2n) is 4.17. The predicted octanol–water partition coefficient (Wildman–Crippen LogP) is 3.82. The topological polar surface area (TPSA) is 32.9 Å². The molecular formula is C12H9BrClNO. The molecule has 0 atom stereocenters. The van der Waals surface area contributed by atoms with Gasteiger partial charge in [-0.2, -0.15) is 0 Å². The molecule has 2 nitrogen and oxygen atoms in total. The minimum atomic E-state index is 0.0406. The van der Waals surface area contributed by atoms with E-state index in [4.69, 9.17) is 11.6 Å². The van der Waals surface area contributed by atoms with E-state index in [1.54, 1.807) is 18.2 Å². The molecule has 16 heavy (non-hydrogen) atoms. The molecule has 1 aliphatic carbocycles. The molecular weight excluding hydrogens is 289 g/mol. The molecule has 1 fully saturated rings. The lowest BCUT2D eigenvalue weighted by atomic mass is 10.1. The van der Waals surface area contributed by atoms with Crippen LogP contribution in [0.2, 0.25) is 5.02 Å². The van der Waals surface area contributed by atoms with Gasteiger partial charge in [0.1, 0.15) is 0 Å². The molecule has 1 aliphatic rings. The molecule has 4 heteroatoms. The molecule has 1 saturated carbocycles. The van der Waals surface area contributed by atoms with Gasteiger partial charge >= 0.3 is 0 Å². The predicted molar refractivity (Wildman–Crippen MR) is 69.3 cm³/mol. The molecule has 0 unspecified atom stereocenters. The van der Waals surface area contributed by atoms with Gasteiger partial charge in [-0.3, -0.25) is 4.79 Å². The molecule has 1 aromatic carbocycles. The van der Waals surface area contributed by atoms with Crippen LogP contribution in [-0.2, 0) is 0 Å². The maximum absolute atomic E-state index is 11.9. The fourth-order valence-electron chi connectivity index (χ4n) is 1.91. The summed E-state index contributed by atoms with van der Waals surface area (Å²) in [5.41, 5.74) is 1.81. The van der Waals surface area contributed by atoms with Gasteiger partial charge < -0.3 is 4.98 Å². The van der Waals surface area contributed by atoms with Crippen LogP contribution in [0.15, 0.2) is 27.5 Å². The van der Waals surface area contributed by atoms with E-state index in [-0.39, 0.29) is 5.43 Å². The summed E-state index contributed by atoms with van der Waals surface area (Å²) in [6, 6.07) is 5.30. The molecule has 1 heterocycles. The molecule has 0 aliphatic heterocycles. The Balaban J connectivity index is 2.37. The van der Waals surface area contributed by atoms with Gasteiger partial charge in [-0.05, 0) is 30.9 Å². The van der Waals surface area contributed by atoms with Crippen LogP contribution in [0.4, 0.5) is 0 Å². The Kier molecular flexibility index (Phi) is 2.33. The lowest BCUT2D eigenvalue weighted by molar-refractivity contribution is 1.04. The standard InChI is InChI=1S/C12H9BrClNO/c13-7-3-8-11(16)5-10(6-1-2-6)15-12(8)9(14)4-7/h3-6H,1-2H2,(H,15,16). The second kappa shape index (κ2) is 3.60.